The van der Waals surface area contributed by atoms with Gasteiger partial charge in [-0.3, -0.25) is 0 Å². The molecule has 0 spiro atoms. The molecule has 0 amide bonds. The molecule has 0 radical (unpaired) electrons. The van der Waals surface area contributed by atoms with Crippen molar-refractivity contribution in [3.05, 3.63) is 82.3 Å². The molecule has 0 atom stereocenters. The number of ether oxygens (including phenoxy) is 3. The smallest absolute Gasteiger partial charge is 0.175 e. The fourth-order valence-corrected chi connectivity index (χ4v) is 4.28. The average Bonchev–Trinajstić information content (AvgIpc) is 2.84. The molecule has 0 aromatic heterocycles. The van der Waals surface area contributed by atoms with Gasteiger partial charge in [-0.1, -0.05) is 30.3 Å². The zero-order chi connectivity index (χ0) is 22.2. The van der Waals surface area contributed by atoms with Gasteiger partial charge in [0.1, 0.15) is 6.61 Å². The molecule has 6 heteroatoms. The highest BCUT2D eigenvalue weighted by Crippen LogP contribution is 2.37. The van der Waals surface area contributed by atoms with Crippen LogP contribution in [-0.2, 0) is 17.9 Å². The van der Waals surface area contributed by atoms with Crippen molar-refractivity contribution in [2.75, 3.05) is 43.1 Å². The van der Waals surface area contributed by atoms with Crippen molar-refractivity contribution < 1.29 is 14.2 Å². The molecule has 1 saturated heterocycles. The quantitative estimate of drug-likeness (QED) is 0.400. The third-order valence-corrected chi connectivity index (χ3v) is 5.92. The van der Waals surface area contributed by atoms with Gasteiger partial charge in [0.25, 0.3) is 0 Å². The first-order chi connectivity index (χ1) is 15.7. The number of morpholine rings is 1. The van der Waals surface area contributed by atoms with Crippen LogP contribution in [0.5, 0.6) is 11.5 Å². The van der Waals surface area contributed by atoms with Crippen LogP contribution in [0, 0.1) is 0 Å². The summed E-state index contributed by atoms with van der Waals surface area (Å²) in [5.41, 5.74) is 4.55. The Bertz CT molecular complexity index is 990. The highest BCUT2D eigenvalue weighted by Gasteiger charge is 2.13. The van der Waals surface area contributed by atoms with Crippen LogP contribution in [0.3, 0.4) is 0 Å². The second kappa shape index (κ2) is 11.2. The lowest BCUT2D eigenvalue weighted by Gasteiger charge is -2.29. The van der Waals surface area contributed by atoms with E-state index in [1.54, 1.807) is 0 Å². The predicted octanol–water partition coefficient (Wildman–Crippen LogP) is 5.88. The van der Waals surface area contributed by atoms with Crippen molar-refractivity contribution in [2.45, 2.75) is 20.1 Å². The zero-order valence-electron chi connectivity index (χ0n) is 18.4. The van der Waals surface area contributed by atoms with Crippen LogP contribution < -0.4 is 19.7 Å². The van der Waals surface area contributed by atoms with E-state index in [-0.39, 0.29) is 0 Å². The Balaban J connectivity index is 1.40. The maximum atomic E-state index is 6.09. The summed E-state index contributed by atoms with van der Waals surface area (Å²) in [6.07, 6.45) is 0. The average molecular weight is 497 g/mol. The van der Waals surface area contributed by atoms with E-state index >= 15 is 0 Å². The van der Waals surface area contributed by atoms with Crippen LogP contribution in [0.25, 0.3) is 0 Å². The Hall–Kier alpha value is -2.70. The molecule has 1 fully saturated rings. The summed E-state index contributed by atoms with van der Waals surface area (Å²) >= 11 is 3.67. The fourth-order valence-electron chi connectivity index (χ4n) is 3.67. The van der Waals surface area contributed by atoms with Crippen LogP contribution in [0.15, 0.2) is 71.2 Å². The first-order valence-electron chi connectivity index (χ1n) is 11.0. The molecule has 0 aliphatic carbocycles. The number of halogens is 1. The highest BCUT2D eigenvalue weighted by molar-refractivity contribution is 9.10. The van der Waals surface area contributed by atoms with Crippen molar-refractivity contribution in [3.8, 4) is 11.5 Å². The Morgan fingerprint density at radius 1 is 0.938 bits per heavy atom. The minimum absolute atomic E-state index is 0.493. The van der Waals surface area contributed by atoms with Crippen molar-refractivity contribution in [3.63, 3.8) is 0 Å². The van der Waals surface area contributed by atoms with Gasteiger partial charge in [-0.15, -0.1) is 0 Å². The summed E-state index contributed by atoms with van der Waals surface area (Å²) in [5, 5.41) is 3.50. The fraction of sp³-hybridized carbons (Fsp3) is 0.308. The van der Waals surface area contributed by atoms with Gasteiger partial charge in [-0.05, 0) is 70.4 Å². The van der Waals surface area contributed by atoms with E-state index in [0.29, 0.717) is 19.8 Å². The molecule has 32 heavy (non-hydrogen) atoms. The number of nitrogens with one attached hydrogen (secondary N) is 1. The summed E-state index contributed by atoms with van der Waals surface area (Å²) in [6, 6.07) is 22.8. The molecule has 4 rings (SSSR count). The molecule has 3 aromatic rings. The van der Waals surface area contributed by atoms with E-state index in [1.807, 2.05) is 31.2 Å². The monoisotopic (exact) mass is 496 g/mol. The van der Waals surface area contributed by atoms with Gasteiger partial charge in [0.05, 0.1) is 24.3 Å². The van der Waals surface area contributed by atoms with Gasteiger partial charge in [0.15, 0.2) is 11.5 Å². The summed E-state index contributed by atoms with van der Waals surface area (Å²) < 4.78 is 18.3. The van der Waals surface area contributed by atoms with Gasteiger partial charge >= 0.3 is 0 Å². The number of hydrogen-bond donors (Lipinski definition) is 1. The van der Waals surface area contributed by atoms with Crippen molar-refractivity contribution in [1.82, 2.24) is 0 Å². The molecule has 0 bridgehead atoms. The lowest BCUT2D eigenvalue weighted by atomic mass is 10.2. The lowest BCUT2D eigenvalue weighted by molar-refractivity contribution is 0.122. The van der Waals surface area contributed by atoms with E-state index in [0.717, 1.165) is 59.1 Å². The van der Waals surface area contributed by atoms with Gasteiger partial charge in [0, 0.05) is 31.0 Å². The Kier molecular flexibility index (Phi) is 7.91. The van der Waals surface area contributed by atoms with E-state index in [9.17, 15) is 0 Å². The van der Waals surface area contributed by atoms with E-state index in [2.05, 4.69) is 68.6 Å². The minimum atomic E-state index is 0.493. The molecular weight excluding hydrogens is 468 g/mol. The molecule has 1 N–H and O–H groups in total. The Morgan fingerprint density at radius 3 is 2.41 bits per heavy atom. The third-order valence-electron chi connectivity index (χ3n) is 5.34. The summed E-state index contributed by atoms with van der Waals surface area (Å²) in [4.78, 5) is 2.35. The molecule has 5 nitrogen and oxygen atoms in total. The Morgan fingerprint density at radius 2 is 1.69 bits per heavy atom. The molecule has 0 saturated carbocycles. The predicted molar refractivity (Wildman–Crippen MR) is 133 cm³/mol. The first kappa shape index (κ1) is 22.5. The van der Waals surface area contributed by atoms with Crippen LogP contribution in [0.4, 0.5) is 11.4 Å². The maximum absolute atomic E-state index is 6.09. The summed E-state index contributed by atoms with van der Waals surface area (Å²) in [6.45, 7) is 7.22. The number of hydrogen-bond acceptors (Lipinski definition) is 5. The molecular formula is C26H29BrN2O3. The molecule has 1 heterocycles. The largest absolute Gasteiger partial charge is 0.490 e. The number of nitrogens with zero attached hydrogens (tertiary/aromatic N) is 1. The number of benzene rings is 3. The molecule has 1 aliphatic heterocycles. The van der Waals surface area contributed by atoms with Gasteiger partial charge in [0.2, 0.25) is 0 Å². The number of anilines is 2. The van der Waals surface area contributed by atoms with Crippen LogP contribution in [0.1, 0.15) is 18.1 Å². The SMILES string of the molecule is CCOc1cc(CNc2ccc(N3CCOCC3)cc2)cc(Br)c1OCc1ccccc1. The lowest BCUT2D eigenvalue weighted by Crippen LogP contribution is -2.36. The van der Waals surface area contributed by atoms with Gasteiger partial charge in [-0.2, -0.15) is 0 Å². The van der Waals surface area contributed by atoms with Crippen molar-refractivity contribution in [2.24, 2.45) is 0 Å². The van der Waals surface area contributed by atoms with Crippen LogP contribution >= 0.6 is 15.9 Å². The Labute approximate surface area is 198 Å². The second-order valence-corrected chi connectivity index (χ2v) is 8.47. The summed E-state index contributed by atoms with van der Waals surface area (Å²) in [5.74, 6) is 1.48. The van der Waals surface area contributed by atoms with Crippen molar-refractivity contribution >= 4 is 27.3 Å². The van der Waals surface area contributed by atoms with Gasteiger partial charge < -0.3 is 24.4 Å². The maximum Gasteiger partial charge on any atom is 0.175 e. The van der Waals surface area contributed by atoms with E-state index in [1.165, 1.54) is 5.69 Å². The van der Waals surface area contributed by atoms with Gasteiger partial charge in [-0.25, -0.2) is 0 Å². The molecule has 168 valence electrons. The first-order valence-corrected chi connectivity index (χ1v) is 11.8. The minimum Gasteiger partial charge on any atom is -0.490 e. The van der Waals surface area contributed by atoms with Crippen molar-refractivity contribution in [1.29, 1.82) is 0 Å². The second-order valence-electron chi connectivity index (χ2n) is 7.61. The summed E-state index contributed by atoms with van der Waals surface area (Å²) in [7, 11) is 0. The molecule has 0 unspecified atom stereocenters. The topological polar surface area (TPSA) is 43.0 Å². The van der Waals surface area contributed by atoms with Crippen LogP contribution in [0.2, 0.25) is 0 Å². The van der Waals surface area contributed by atoms with Crippen LogP contribution in [-0.4, -0.2) is 32.9 Å². The highest BCUT2D eigenvalue weighted by atomic mass is 79.9. The number of rotatable bonds is 9. The zero-order valence-corrected chi connectivity index (χ0v) is 19.9. The normalized spacial score (nSPS) is 13.6. The third kappa shape index (κ3) is 5.96. The molecule has 3 aromatic carbocycles. The standard InChI is InChI=1S/C26H29BrN2O3/c1-2-31-25-17-21(16-24(27)26(25)32-19-20-6-4-3-5-7-20)18-28-22-8-10-23(11-9-22)29-12-14-30-15-13-29/h3-11,16-17,28H,2,12-15,18-19H2,1H3. The van der Waals surface area contributed by atoms with E-state index in [4.69, 9.17) is 14.2 Å². The molecule has 1 aliphatic rings. The van der Waals surface area contributed by atoms with E-state index < -0.39 is 0 Å².